The topological polar surface area (TPSA) is 58.6 Å². The molecule has 0 radical (unpaired) electrons. The van der Waals surface area contributed by atoms with Crippen molar-refractivity contribution >= 4 is 23.4 Å². The van der Waals surface area contributed by atoms with Crippen LogP contribution in [0.15, 0.2) is 78.9 Å². The van der Waals surface area contributed by atoms with Gasteiger partial charge in [0.1, 0.15) is 11.8 Å². The van der Waals surface area contributed by atoms with E-state index >= 15 is 0 Å². The van der Waals surface area contributed by atoms with E-state index in [4.69, 9.17) is 16.3 Å². The molecule has 6 heteroatoms. The van der Waals surface area contributed by atoms with Crippen LogP contribution >= 0.6 is 11.6 Å². The average molecular weight is 535 g/mol. The summed E-state index contributed by atoms with van der Waals surface area (Å²) < 4.78 is 6.10. The van der Waals surface area contributed by atoms with Crippen LogP contribution in [0, 0.1) is 0 Å². The number of hydrogen-bond acceptors (Lipinski definition) is 3. The van der Waals surface area contributed by atoms with Crippen LogP contribution < -0.4 is 10.1 Å². The Hall–Kier alpha value is -3.31. The van der Waals surface area contributed by atoms with Gasteiger partial charge in [-0.05, 0) is 53.6 Å². The predicted molar refractivity (Wildman–Crippen MR) is 154 cm³/mol. The average Bonchev–Trinajstić information content (AvgIpc) is 2.90. The molecule has 0 aromatic heterocycles. The summed E-state index contributed by atoms with van der Waals surface area (Å²) in [4.78, 5) is 29.1. The minimum atomic E-state index is -0.712. The summed E-state index contributed by atoms with van der Waals surface area (Å²) in [5.41, 5.74) is 2.73. The fourth-order valence-electron chi connectivity index (χ4n) is 4.22. The molecule has 3 aromatic rings. The number of halogens is 1. The first-order valence-corrected chi connectivity index (χ1v) is 13.6. The largest absolute Gasteiger partial charge is 0.483 e. The predicted octanol–water partition coefficient (Wildman–Crippen LogP) is 6.57. The van der Waals surface area contributed by atoms with Crippen molar-refractivity contribution in [3.63, 3.8) is 0 Å². The molecule has 0 fully saturated rings. The second kappa shape index (κ2) is 13.5. The van der Waals surface area contributed by atoms with Crippen LogP contribution in [0.2, 0.25) is 5.02 Å². The Kier molecular flexibility index (Phi) is 10.4. The number of hydrogen-bond donors (Lipinski definition) is 1. The third kappa shape index (κ3) is 8.35. The van der Waals surface area contributed by atoms with Crippen LogP contribution in [0.5, 0.6) is 5.75 Å². The number of benzene rings is 3. The number of carbonyl (C=O) groups is 2. The molecule has 3 rings (SSSR count). The number of carbonyl (C=O) groups excluding carboxylic acids is 2. The molecule has 202 valence electrons. The molecule has 0 unspecified atom stereocenters. The van der Waals surface area contributed by atoms with Crippen LogP contribution in [0.4, 0.5) is 0 Å². The van der Waals surface area contributed by atoms with Crippen LogP contribution in [0.1, 0.15) is 57.7 Å². The lowest BCUT2D eigenvalue weighted by molar-refractivity contribution is -0.143. The van der Waals surface area contributed by atoms with Crippen molar-refractivity contribution in [3.05, 3.63) is 101 Å². The smallest absolute Gasteiger partial charge is 0.261 e. The zero-order valence-corrected chi connectivity index (χ0v) is 23.8. The molecule has 1 N–H and O–H groups in total. The summed E-state index contributed by atoms with van der Waals surface area (Å²) >= 11 is 6.11. The molecule has 5 nitrogen and oxygen atoms in total. The number of para-hydroxylation sites is 1. The maximum absolute atomic E-state index is 13.8. The standard InChI is InChI=1S/C32H39ClN2O3/c1-6-23(2)34-31(37)28(20-24-12-8-7-9-13-24)35(21-25-16-18-26(33)19-17-25)30(36)22-38-29-15-11-10-14-27(29)32(3,4)5/h7-19,23,28H,6,20-22H2,1-5H3,(H,34,37)/t23-,28-/m1/s1. The molecule has 0 saturated heterocycles. The summed E-state index contributed by atoms with van der Waals surface area (Å²) in [6.07, 6.45) is 1.18. The maximum atomic E-state index is 13.8. The van der Waals surface area contributed by atoms with Gasteiger partial charge in [-0.25, -0.2) is 0 Å². The van der Waals surface area contributed by atoms with E-state index in [2.05, 4.69) is 26.1 Å². The van der Waals surface area contributed by atoms with Gasteiger partial charge in [0.25, 0.3) is 5.91 Å². The summed E-state index contributed by atoms with van der Waals surface area (Å²) in [7, 11) is 0. The van der Waals surface area contributed by atoms with E-state index in [1.54, 1.807) is 17.0 Å². The van der Waals surface area contributed by atoms with Crippen LogP contribution in [0.25, 0.3) is 0 Å². The fourth-order valence-corrected chi connectivity index (χ4v) is 4.34. The lowest BCUT2D eigenvalue weighted by Crippen LogP contribution is -2.53. The maximum Gasteiger partial charge on any atom is 0.261 e. The molecular formula is C32H39ClN2O3. The molecule has 38 heavy (non-hydrogen) atoms. The molecule has 2 amide bonds. The molecular weight excluding hydrogens is 496 g/mol. The third-order valence-electron chi connectivity index (χ3n) is 6.58. The molecule has 0 bridgehead atoms. The Morgan fingerprint density at radius 1 is 0.921 bits per heavy atom. The lowest BCUT2D eigenvalue weighted by atomic mass is 9.86. The minimum absolute atomic E-state index is 0.0110. The van der Waals surface area contributed by atoms with E-state index in [9.17, 15) is 9.59 Å². The van der Waals surface area contributed by atoms with Gasteiger partial charge >= 0.3 is 0 Å². The molecule has 0 heterocycles. The highest BCUT2D eigenvalue weighted by Gasteiger charge is 2.31. The van der Waals surface area contributed by atoms with Gasteiger partial charge in [0.2, 0.25) is 5.91 Å². The zero-order valence-electron chi connectivity index (χ0n) is 23.0. The summed E-state index contributed by atoms with van der Waals surface area (Å²) in [6.45, 7) is 10.4. The Balaban J connectivity index is 1.94. The van der Waals surface area contributed by atoms with Gasteiger partial charge < -0.3 is 15.0 Å². The van der Waals surface area contributed by atoms with Gasteiger partial charge in [-0.1, -0.05) is 100.0 Å². The minimum Gasteiger partial charge on any atom is -0.483 e. The SMILES string of the molecule is CC[C@@H](C)NC(=O)[C@@H](Cc1ccccc1)N(Cc1ccc(Cl)cc1)C(=O)COc1ccccc1C(C)(C)C. The normalized spacial score (nSPS) is 12.9. The molecule has 0 saturated carbocycles. The number of nitrogens with zero attached hydrogens (tertiary/aromatic N) is 1. The second-order valence-electron chi connectivity index (χ2n) is 10.7. The monoisotopic (exact) mass is 534 g/mol. The van der Waals surface area contributed by atoms with Gasteiger partial charge in [0, 0.05) is 24.0 Å². The zero-order chi connectivity index (χ0) is 27.7. The van der Waals surface area contributed by atoms with E-state index in [0.717, 1.165) is 23.1 Å². The molecule has 3 aromatic carbocycles. The number of ether oxygens (including phenoxy) is 1. The van der Waals surface area contributed by atoms with Crippen LogP contribution in [-0.2, 0) is 28.0 Å². The van der Waals surface area contributed by atoms with Crippen LogP contribution in [0.3, 0.4) is 0 Å². The van der Waals surface area contributed by atoms with E-state index in [1.165, 1.54) is 0 Å². The van der Waals surface area contributed by atoms with E-state index < -0.39 is 6.04 Å². The summed E-state index contributed by atoms with van der Waals surface area (Å²) in [5, 5.41) is 3.70. The van der Waals surface area contributed by atoms with E-state index in [0.29, 0.717) is 17.2 Å². The van der Waals surface area contributed by atoms with Gasteiger partial charge in [-0.15, -0.1) is 0 Å². The summed E-state index contributed by atoms with van der Waals surface area (Å²) in [6, 6.07) is 24.2. The van der Waals surface area contributed by atoms with E-state index in [1.807, 2.05) is 80.6 Å². The first-order chi connectivity index (χ1) is 18.1. The second-order valence-corrected chi connectivity index (χ2v) is 11.1. The number of nitrogens with one attached hydrogen (secondary N) is 1. The molecule has 0 spiro atoms. The quantitative estimate of drug-likeness (QED) is 0.302. The van der Waals surface area contributed by atoms with Crippen molar-refractivity contribution in [2.24, 2.45) is 0 Å². The van der Waals surface area contributed by atoms with Gasteiger partial charge in [0.05, 0.1) is 0 Å². The highest BCUT2D eigenvalue weighted by atomic mass is 35.5. The van der Waals surface area contributed by atoms with Gasteiger partial charge in [-0.3, -0.25) is 9.59 Å². The summed E-state index contributed by atoms with van der Waals surface area (Å²) in [5.74, 6) is 0.230. The van der Waals surface area contributed by atoms with Crippen molar-refractivity contribution in [2.75, 3.05) is 6.61 Å². The molecule has 2 atom stereocenters. The molecule has 0 aliphatic heterocycles. The Labute approximate surface area is 232 Å². The van der Waals surface area contributed by atoms with Crippen molar-refractivity contribution in [2.45, 2.75) is 71.5 Å². The highest BCUT2D eigenvalue weighted by molar-refractivity contribution is 6.30. The van der Waals surface area contributed by atoms with Crippen molar-refractivity contribution in [1.82, 2.24) is 10.2 Å². The highest BCUT2D eigenvalue weighted by Crippen LogP contribution is 2.31. The first-order valence-electron chi connectivity index (χ1n) is 13.2. The van der Waals surface area contributed by atoms with Gasteiger partial charge in [0.15, 0.2) is 6.61 Å². The molecule has 0 aliphatic rings. The Morgan fingerprint density at radius 2 is 1.55 bits per heavy atom. The van der Waals surface area contributed by atoms with Crippen molar-refractivity contribution < 1.29 is 14.3 Å². The third-order valence-corrected chi connectivity index (χ3v) is 6.84. The number of amides is 2. The first kappa shape index (κ1) is 29.2. The van der Waals surface area contributed by atoms with E-state index in [-0.39, 0.29) is 36.4 Å². The molecule has 0 aliphatic carbocycles. The number of rotatable bonds is 11. The Bertz CT molecular complexity index is 1190. The fraction of sp³-hybridized carbons (Fsp3) is 0.375. The van der Waals surface area contributed by atoms with Crippen molar-refractivity contribution in [1.29, 1.82) is 0 Å². The van der Waals surface area contributed by atoms with Gasteiger partial charge in [-0.2, -0.15) is 0 Å². The Morgan fingerprint density at radius 3 is 2.18 bits per heavy atom. The van der Waals surface area contributed by atoms with Crippen molar-refractivity contribution in [3.8, 4) is 5.75 Å². The lowest BCUT2D eigenvalue weighted by Gasteiger charge is -2.32. The van der Waals surface area contributed by atoms with Crippen LogP contribution in [-0.4, -0.2) is 35.4 Å².